The summed E-state index contributed by atoms with van der Waals surface area (Å²) in [6, 6.07) is 6.06. The maximum atomic E-state index is 10.9. The maximum absolute atomic E-state index is 10.9. The Morgan fingerprint density at radius 2 is 2.21 bits per heavy atom. The second kappa shape index (κ2) is 8.23. The molecule has 1 unspecified atom stereocenters. The molecule has 1 aromatic carbocycles. The molecule has 0 aromatic heterocycles. The van der Waals surface area contributed by atoms with Crippen molar-refractivity contribution in [2.45, 2.75) is 25.9 Å². The minimum atomic E-state index is 0.511. The van der Waals surface area contributed by atoms with Gasteiger partial charge in [-0.3, -0.25) is 9.69 Å². The molecule has 4 heteroatoms. The molecule has 0 radical (unpaired) electrons. The van der Waals surface area contributed by atoms with Gasteiger partial charge in [0.2, 0.25) is 0 Å². The predicted octanol–water partition coefficient (Wildman–Crippen LogP) is 3.08. The molecule has 1 aromatic rings. The van der Waals surface area contributed by atoms with E-state index in [-0.39, 0.29) is 0 Å². The fraction of sp³-hybridized carbons (Fsp3) is 0.533. The lowest BCUT2D eigenvalue weighted by Crippen LogP contribution is -2.29. The van der Waals surface area contributed by atoms with Gasteiger partial charge in [-0.15, -0.1) is 0 Å². The van der Waals surface area contributed by atoms with Gasteiger partial charge in [0.05, 0.1) is 7.11 Å². The normalized spacial score (nSPS) is 12.5. The van der Waals surface area contributed by atoms with Gasteiger partial charge in [0.25, 0.3) is 0 Å². The summed E-state index contributed by atoms with van der Waals surface area (Å²) in [4.78, 5) is 13.2. The molecule has 0 N–H and O–H groups in total. The molecule has 19 heavy (non-hydrogen) atoms. The van der Waals surface area contributed by atoms with Crippen LogP contribution in [0.15, 0.2) is 18.2 Å². The van der Waals surface area contributed by atoms with Crippen LogP contribution in [-0.4, -0.2) is 43.4 Å². The number of aldehydes is 1. The van der Waals surface area contributed by atoms with Crippen LogP contribution in [0, 0.1) is 0 Å². The van der Waals surface area contributed by atoms with Crippen LogP contribution in [-0.2, 0) is 6.54 Å². The maximum Gasteiger partial charge on any atom is 0.150 e. The van der Waals surface area contributed by atoms with E-state index in [9.17, 15) is 4.79 Å². The van der Waals surface area contributed by atoms with E-state index in [0.29, 0.717) is 11.6 Å². The zero-order valence-electron chi connectivity index (χ0n) is 12.2. The lowest BCUT2D eigenvalue weighted by atomic mass is 10.1. The Kier molecular flexibility index (Phi) is 6.95. The minimum absolute atomic E-state index is 0.511. The van der Waals surface area contributed by atoms with Crippen molar-refractivity contribution in [1.82, 2.24) is 4.90 Å². The Morgan fingerprint density at radius 3 is 2.79 bits per heavy atom. The van der Waals surface area contributed by atoms with E-state index in [0.717, 1.165) is 36.3 Å². The summed E-state index contributed by atoms with van der Waals surface area (Å²) in [5, 5.41) is 0. The topological polar surface area (TPSA) is 29.5 Å². The van der Waals surface area contributed by atoms with Crippen molar-refractivity contribution >= 4 is 18.0 Å². The van der Waals surface area contributed by atoms with Crippen molar-refractivity contribution in [3.63, 3.8) is 0 Å². The number of ether oxygens (including phenoxy) is 1. The van der Waals surface area contributed by atoms with E-state index in [2.05, 4.69) is 25.1 Å². The number of hydrogen-bond acceptors (Lipinski definition) is 4. The second-order valence-electron chi connectivity index (χ2n) is 4.73. The molecular weight excluding hydrogens is 258 g/mol. The van der Waals surface area contributed by atoms with Gasteiger partial charge in [-0.25, -0.2) is 0 Å². The Hall–Kier alpha value is -1.00. The standard InChI is InChI=1S/C15H23NO2S/c1-12(7-8-19-4)16(2)10-14-9-13(11-17)5-6-15(14)18-3/h5-6,9,11-12H,7-8,10H2,1-4H3. The molecule has 0 aliphatic rings. The Morgan fingerprint density at radius 1 is 1.47 bits per heavy atom. The third-order valence-corrected chi connectivity index (χ3v) is 4.00. The van der Waals surface area contributed by atoms with E-state index in [1.165, 1.54) is 0 Å². The summed E-state index contributed by atoms with van der Waals surface area (Å²) < 4.78 is 5.36. The first kappa shape index (κ1) is 16.1. The van der Waals surface area contributed by atoms with Crippen LogP contribution in [0.25, 0.3) is 0 Å². The fourth-order valence-corrected chi connectivity index (χ4v) is 2.51. The van der Waals surface area contributed by atoms with E-state index >= 15 is 0 Å². The molecule has 1 atom stereocenters. The van der Waals surface area contributed by atoms with Crippen LogP contribution in [0.5, 0.6) is 5.75 Å². The second-order valence-corrected chi connectivity index (χ2v) is 5.72. The lowest BCUT2D eigenvalue weighted by Gasteiger charge is -2.25. The van der Waals surface area contributed by atoms with E-state index in [1.807, 2.05) is 23.9 Å². The van der Waals surface area contributed by atoms with Crippen molar-refractivity contribution in [1.29, 1.82) is 0 Å². The highest BCUT2D eigenvalue weighted by molar-refractivity contribution is 7.98. The van der Waals surface area contributed by atoms with E-state index < -0.39 is 0 Å². The van der Waals surface area contributed by atoms with Crippen LogP contribution in [0.2, 0.25) is 0 Å². The van der Waals surface area contributed by atoms with E-state index in [1.54, 1.807) is 13.2 Å². The number of benzene rings is 1. The van der Waals surface area contributed by atoms with Crippen LogP contribution in [0.4, 0.5) is 0 Å². The minimum Gasteiger partial charge on any atom is -0.496 e. The van der Waals surface area contributed by atoms with Crippen LogP contribution in [0.3, 0.4) is 0 Å². The monoisotopic (exact) mass is 281 g/mol. The number of hydrogen-bond donors (Lipinski definition) is 0. The summed E-state index contributed by atoms with van der Waals surface area (Å²) in [7, 11) is 3.77. The SMILES string of the molecule is COc1ccc(C=O)cc1CN(C)C(C)CCSC. The largest absolute Gasteiger partial charge is 0.496 e. The van der Waals surface area contributed by atoms with Crippen molar-refractivity contribution in [2.75, 3.05) is 26.2 Å². The van der Waals surface area contributed by atoms with Gasteiger partial charge in [-0.2, -0.15) is 11.8 Å². The molecule has 0 heterocycles. The summed E-state index contributed by atoms with van der Waals surface area (Å²) in [5.74, 6) is 2.01. The number of nitrogens with zero attached hydrogens (tertiary/aromatic N) is 1. The Labute approximate surface area is 120 Å². The average molecular weight is 281 g/mol. The molecule has 0 fully saturated rings. The molecule has 106 valence electrons. The number of methoxy groups -OCH3 is 1. The molecule has 0 aliphatic carbocycles. The molecular formula is C15H23NO2S. The first-order chi connectivity index (χ1) is 9.12. The third-order valence-electron chi connectivity index (χ3n) is 3.35. The van der Waals surface area contributed by atoms with Crippen molar-refractivity contribution in [2.24, 2.45) is 0 Å². The summed E-state index contributed by atoms with van der Waals surface area (Å²) in [6.07, 6.45) is 4.16. The first-order valence-corrected chi connectivity index (χ1v) is 7.83. The van der Waals surface area contributed by atoms with Gasteiger partial charge in [0, 0.05) is 23.7 Å². The van der Waals surface area contributed by atoms with E-state index in [4.69, 9.17) is 4.74 Å². The fourth-order valence-electron chi connectivity index (χ4n) is 1.93. The van der Waals surface area contributed by atoms with Gasteiger partial charge in [0.1, 0.15) is 12.0 Å². The molecule has 0 saturated heterocycles. The van der Waals surface area contributed by atoms with Gasteiger partial charge >= 0.3 is 0 Å². The zero-order chi connectivity index (χ0) is 14.3. The number of rotatable bonds is 8. The Balaban J connectivity index is 2.76. The zero-order valence-corrected chi connectivity index (χ0v) is 13.0. The smallest absolute Gasteiger partial charge is 0.150 e. The predicted molar refractivity (Wildman–Crippen MR) is 82.3 cm³/mol. The number of thioether (sulfide) groups is 1. The van der Waals surface area contributed by atoms with Crippen molar-refractivity contribution < 1.29 is 9.53 Å². The molecule has 1 rings (SSSR count). The highest BCUT2D eigenvalue weighted by Gasteiger charge is 2.12. The number of carbonyl (C=O) groups is 1. The third kappa shape index (κ3) is 4.88. The van der Waals surface area contributed by atoms with Crippen molar-refractivity contribution in [3.05, 3.63) is 29.3 Å². The lowest BCUT2D eigenvalue weighted by molar-refractivity contribution is 0.112. The molecule has 0 amide bonds. The molecule has 0 spiro atoms. The summed E-state index contributed by atoms with van der Waals surface area (Å²) in [6.45, 7) is 3.02. The average Bonchev–Trinajstić information content (AvgIpc) is 2.44. The molecule has 0 bridgehead atoms. The van der Waals surface area contributed by atoms with Crippen LogP contribution in [0.1, 0.15) is 29.3 Å². The van der Waals surface area contributed by atoms with Gasteiger partial charge < -0.3 is 4.74 Å². The van der Waals surface area contributed by atoms with Crippen LogP contribution < -0.4 is 4.74 Å². The molecule has 0 saturated carbocycles. The molecule has 3 nitrogen and oxygen atoms in total. The first-order valence-electron chi connectivity index (χ1n) is 6.43. The van der Waals surface area contributed by atoms with Gasteiger partial charge in [0.15, 0.2) is 0 Å². The summed E-state index contributed by atoms with van der Waals surface area (Å²) >= 11 is 1.87. The highest BCUT2D eigenvalue weighted by atomic mass is 32.2. The van der Waals surface area contributed by atoms with Crippen LogP contribution >= 0.6 is 11.8 Å². The quantitative estimate of drug-likeness (QED) is 0.685. The van der Waals surface area contributed by atoms with Gasteiger partial charge in [-0.05, 0) is 50.6 Å². The summed E-state index contributed by atoms with van der Waals surface area (Å²) in [5.41, 5.74) is 1.76. The highest BCUT2D eigenvalue weighted by Crippen LogP contribution is 2.22. The Bertz CT molecular complexity index is 409. The van der Waals surface area contributed by atoms with Gasteiger partial charge in [-0.1, -0.05) is 0 Å². The number of carbonyl (C=O) groups excluding carboxylic acids is 1. The molecule has 0 aliphatic heterocycles. The van der Waals surface area contributed by atoms with Crippen molar-refractivity contribution in [3.8, 4) is 5.75 Å².